The van der Waals surface area contributed by atoms with Gasteiger partial charge >= 0.3 is 5.97 Å². The summed E-state index contributed by atoms with van der Waals surface area (Å²) >= 11 is 1.35. The lowest BCUT2D eigenvalue weighted by Crippen LogP contribution is -2.04. The first-order chi connectivity index (χ1) is 7.13. The van der Waals surface area contributed by atoms with Crippen LogP contribution in [0.25, 0.3) is 0 Å². The van der Waals surface area contributed by atoms with Gasteiger partial charge in [-0.15, -0.1) is 0 Å². The molecule has 0 spiro atoms. The molecule has 0 saturated carbocycles. The van der Waals surface area contributed by atoms with Gasteiger partial charge in [-0.25, -0.2) is 14.8 Å². The molecule has 1 aromatic rings. The summed E-state index contributed by atoms with van der Waals surface area (Å²) in [4.78, 5) is 18.7. The van der Waals surface area contributed by atoms with E-state index in [1.807, 2.05) is 0 Å². The summed E-state index contributed by atoms with van der Waals surface area (Å²) < 4.78 is 0. The van der Waals surface area contributed by atoms with Crippen LogP contribution in [0.5, 0.6) is 0 Å². The van der Waals surface area contributed by atoms with Crippen LogP contribution < -0.4 is 0 Å². The maximum atomic E-state index is 10.7. The van der Waals surface area contributed by atoms with Gasteiger partial charge in [0.15, 0.2) is 10.9 Å². The van der Waals surface area contributed by atoms with Crippen LogP contribution in [0.15, 0.2) is 11.2 Å². The second kappa shape index (κ2) is 5.67. The van der Waals surface area contributed by atoms with Crippen molar-refractivity contribution in [3.8, 4) is 0 Å². The molecule has 5 nitrogen and oxygen atoms in total. The third-order valence-electron chi connectivity index (χ3n) is 1.59. The lowest BCUT2D eigenvalue weighted by Gasteiger charge is -2.01. The number of rotatable bonds is 5. The molecular weight excluding hydrogens is 216 g/mol. The Hall–Kier alpha value is -1.14. The van der Waals surface area contributed by atoms with E-state index < -0.39 is 5.97 Å². The first kappa shape index (κ1) is 11.9. The predicted molar refractivity (Wildman–Crippen MR) is 56.2 cm³/mol. The van der Waals surface area contributed by atoms with Gasteiger partial charge in [0, 0.05) is 18.1 Å². The fraction of sp³-hybridized carbons (Fsp3) is 0.444. The van der Waals surface area contributed by atoms with E-state index in [-0.39, 0.29) is 12.3 Å². The van der Waals surface area contributed by atoms with Crippen LogP contribution in [0, 0.1) is 6.92 Å². The zero-order chi connectivity index (χ0) is 11.3. The molecule has 0 aliphatic rings. The summed E-state index contributed by atoms with van der Waals surface area (Å²) in [6.45, 7) is 1.84. The number of carboxylic acids is 1. The van der Waals surface area contributed by atoms with E-state index in [2.05, 4.69) is 9.97 Å². The molecule has 15 heavy (non-hydrogen) atoms. The number of aryl methyl sites for hydroxylation is 1. The molecule has 0 aliphatic heterocycles. The molecule has 1 heterocycles. The van der Waals surface area contributed by atoms with Crippen molar-refractivity contribution in [1.29, 1.82) is 0 Å². The van der Waals surface area contributed by atoms with Crippen LogP contribution in [-0.4, -0.2) is 38.5 Å². The normalized spacial score (nSPS) is 10.3. The van der Waals surface area contributed by atoms with Crippen molar-refractivity contribution >= 4 is 17.7 Å². The molecule has 0 bridgehead atoms. The quantitative estimate of drug-likeness (QED) is 0.443. The van der Waals surface area contributed by atoms with E-state index in [4.69, 9.17) is 10.2 Å². The minimum absolute atomic E-state index is 0.00833. The zero-order valence-electron chi connectivity index (χ0n) is 8.30. The van der Waals surface area contributed by atoms with Crippen LogP contribution in [0.3, 0.4) is 0 Å². The van der Waals surface area contributed by atoms with E-state index in [1.54, 1.807) is 6.92 Å². The highest BCUT2D eigenvalue weighted by Gasteiger charge is 2.08. The van der Waals surface area contributed by atoms with E-state index in [0.717, 1.165) is 0 Å². The molecule has 1 aromatic heterocycles. The van der Waals surface area contributed by atoms with Gasteiger partial charge in [-0.05, 0) is 19.4 Å². The number of aliphatic hydroxyl groups is 1. The minimum atomic E-state index is -1.05. The van der Waals surface area contributed by atoms with E-state index >= 15 is 0 Å². The Labute approximate surface area is 91.6 Å². The van der Waals surface area contributed by atoms with Crippen molar-refractivity contribution in [3.05, 3.63) is 17.5 Å². The summed E-state index contributed by atoms with van der Waals surface area (Å²) in [6.07, 6.45) is 0.643. The van der Waals surface area contributed by atoms with Gasteiger partial charge < -0.3 is 10.2 Å². The van der Waals surface area contributed by atoms with Crippen LogP contribution in [-0.2, 0) is 0 Å². The number of aromatic nitrogens is 2. The highest BCUT2D eigenvalue weighted by Crippen LogP contribution is 2.14. The Morgan fingerprint density at radius 1 is 1.53 bits per heavy atom. The molecule has 0 saturated heterocycles. The number of hydrogen-bond donors (Lipinski definition) is 2. The molecular formula is C9H12N2O3S. The number of aliphatic hydroxyl groups excluding tert-OH is 1. The Bertz CT molecular complexity index is 357. The highest BCUT2D eigenvalue weighted by molar-refractivity contribution is 7.99. The predicted octanol–water partition coefficient (Wildman–Crippen LogP) is 0.958. The lowest BCUT2D eigenvalue weighted by atomic mass is 10.3. The molecule has 6 heteroatoms. The lowest BCUT2D eigenvalue weighted by molar-refractivity contribution is 0.0689. The summed E-state index contributed by atoms with van der Waals surface area (Å²) in [6, 6.07) is 1.43. The second-order valence-corrected chi connectivity index (χ2v) is 3.97. The molecule has 1 rings (SSSR count). The van der Waals surface area contributed by atoms with Crippen LogP contribution >= 0.6 is 11.8 Å². The summed E-state index contributed by atoms with van der Waals surface area (Å²) in [7, 11) is 0. The highest BCUT2D eigenvalue weighted by atomic mass is 32.2. The van der Waals surface area contributed by atoms with E-state index in [9.17, 15) is 4.79 Å². The summed E-state index contributed by atoms with van der Waals surface area (Å²) in [5, 5.41) is 17.8. The van der Waals surface area contributed by atoms with Crippen molar-refractivity contribution in [3.63, 3.8) is 0 Å². The minimum Gasteiger partial charge on any atom is -0.477 e. The Morgan fingerprint density at radius 3 is 2.87 bits per heavy atom. The first-order valence-corrected chi connectivity index (χ1v) is 5.44. The van der Waals surface area contributed by atoms with Crippen molar-refractivity contribution in [2.75, 3.05) is 12.4 Å². The van der Waals surface area contributed by atoms with Crippen LogP contribution in [0.4, 0.5) is 0 Å². The maximum absolute atomic E-state index is 10.7. The fourth-order valence-corrected chi connectivity index (χ4v) is 1.77. The average molecular weight is 228 g/mol. The topological polar surface area (TPSA) is 83.3 Å². The SMILES string of the molecule is Cc1cc(C(=O)O)nc(SCCCO)n1. The van der Waals surface area contributed by atoms with Gasteiger partial charge in [-0.3, -0.25) is 0 Å². The number of thioether (sulfide) groups is 1. The molecule has 0 aromatic carbocycles. The van der Waals surface area contributed by atoms with E-state index in [0.29, 0.717) is 23.0 Å². The number of carbonyl (C=O) groups is 1. The summed E-state index contributed by atoms with van der Waals surface area (Å²) in [5.74, 6) is -0.372. The molecule has 0 aliphatic carbocycles. The smallest absolute Gasteiger partial charge is 0.354 e. The average Bonchev–Trinajstić information content (AvgIpc) is 2.17. The molecule has 0 radical (unpaired) electrons. The molecule has 2 N–H and O–H groups in total. The summed E-state index contributed by atoms with van der Waals surface area (Å²) in [5.41, 5.74) is 0.642. The maximum Gasteiger partial charge on any atom is 0.354 e. The first-order valence-electron chi connectivity index (χ1n) is 4.46. The number of hydrogen-bond acceptors (Lipinski definition) is 5. The van der Waals surface area contributed by atoms with Gasteiger partial charge in [0.2, 0.25) is 0 Å². The largest absolute Gasteiger partial charge is 0.477 e. The van der Waals surface area contributed by atoms with Crippen molar-refractivity contribution in [2.45, 2.75) is 18.5 Å². The van der Waals surface area contributed by atoms with Crippen LogP contribution in [0.2, 0.25) is 0 Å². The second-order valence-electron chi connectivity index (χ2n) is 2.91. The standard InChI is InChI=1S/C9H12N2O3S/c1-6-5-7(8(13)14)11-9(10-6)15-4-2-3-12/h5,12H,2-4H2,1H3,(H,13,14). The Balaban J connectivity index is 2.75. The monoisotopic (exact) mass is 228 g/mol. The number of carboxylic acid groups (broad SMARTS) is 1. The molecule has 0 amide bonds. The molecule has 82 valence electrons. The van der Waals surface area contributed by atoms with Crippen LogP contribution in [0.1, 0.15) is 22.6 Å². The zero-order valence-corrected chi connectivity index (χ0v) is 9.12. The van der Waals surface area contributed by atoms with E-state index in [1.165, 1.54) is 17.8 Å². The number of nitrogens with zero attached hydrogens (tertiary/aromatic N) is 2. The van der Waals surface area contributed by atoms with Gasteiger partial charge in [0.1, 0.15) is 0 Å². The Morgan fingerprint density at radius 2 is 2.27 bits per heavy atom. The van der Waals surface area contributed by atoms with Crippen molar-refractivity contribution in [2.24, 2.45) is 0 Å². The number of aromatic carboxylic acids is 1. The van der Waals surface area contributed by atoms with Gasteiger partial charge in [-0.1, -0.05) is 11.8 Å². The van der Waals surface area contributed by atoms with Crippen molar-refractivity contribution < 1.29 is 15.0 Å². The third kappa shape index (κ3) is 3.85. The van der Waals surface area contributed by atoms with Gasteiger partial charge in [0.25, 0.3) is 0 Å². The molecule has 0 unspecified atom stereocenters. The van der Waals surface area contributed by atoms with Gasteiger partial charge in [-0.2, -0.15) is 0 Å². The fourth-order valence-electron chi connectivity index (χ4n) is 0.943. The third-order valence-corrected chi connectivity index (χ3v) is 2.52. The molecule has 0 atom stereocenters. The molecule has 0 fully saturated rings. The van der Waals surface area contributed by atoms with Crippen molar-refractivity contribution in [1.82, 2.24) is 9.97 Å². The van der Waals surface area contributed by atoms with Gasteiger partial charge in [0.05, 0.1) is 0 Å². The Kier molecular flexibility index (Phi) is 4.51.